The summed E-state index contributed by atoms with van der Waals surface area (Å²) in [4.78, 5) is 8.47. The Bertz CT molecular complexity index is 663. The van der Waals surface area contributed by atoms with E-state index < -0.39 is 0 Å². The molecular formula is C11H10FN5S. The summed E-state index contributed by atoms with van der Waals surface area (Å²) >= 11 is 1.56. The highest BCUT2D eigenvalue weighted by Crippen LogP contribution is 2.19. The summed E-state index contributed by atoms with van der Waals surface area (Å²) in [6.07, 6.45) is 3.05. The SMILES string of the molecule is CC(Nc1nc2ccc(F)cn2n1)c1nccs1. The fourth-order valence-electron chi connectivity index (χ4n) is 1.62. The first kappa shape index (κ1) is 11.1. The smallest absolute Gasteiger partial charge is 0.243 e. The molecule has 0 aliphatic carbocycles. The number of aromatic nitrogens is 4. The van der Waals surface area contributed by atoms with Gasteiger partial charge in [0.15, 0.2) is 5.65 Å². The van der Waals surface area contributed by atoms with E-state index >= 15 is 0 Å². The number of hydrogen-bond donors (Lipinski definition) is 1. The van der Waals surface area contributed by atoms with Crippen LogP contribution in [0.3, 0.4) is 0 Å². The van der Waals surface area contributed by atoms with Crippen LogP contribution in [0.1, 0.15) is 18.0 Å². The lowest BCUT2D eigenvalue weighted by atomic mass is 10.4. The molecule has 3 heterocycles. The Labute approximate surface area is 106 Å². The lowest BCUT2D eigenvalue weighted by Gasteiger charge is -2.07. The Morgan fingerprint density at radius 1 is 1.44 bits per heavy atom. The van der Waals surface area contributed by atoms with E-state index in [-0.39, 0.29) is 11.9 Å². The van der Waals surface area contributed by atoms with Crippen molar-refractivity contribution >= 4 is 22.9 Å². The average molecular weight is 263 g/mol. The molecule has 0 saturated carbocycles. The van der Waals surface area contributed by atoms with Crippen molar-refractivity contribution < 1.29 is 4.39 Å². The Morgan fingerprint density at radius 3 is 3.11 bits per heavy atom. The summed E-state index contributed by atoms with van der Waals surface area (Å²) in [5, 5.41) is 10.2. The van der Waals surface area contributed by atoms with Crippen LogP contribution in [0.2, 0.25) is 0 Å². The van der Waals surface area contributed by atoms with Crippen LogP contribution in [0.25, 0.3) is 5.65 Å². The fraction of sp³-hybridized carbons (Fsp3) is 0.182. The monoisotopic (exact) mass is 263 g/mol. The number of fused-ring (bicyclic) bond motifs is 1. The molecular weight excluding hydrogens is 253 g/mol. The van der Waals surface area contributed by atoms with Crippen molar-refractivity contribution in [3.05, 3.63) is 40.7 Å². The van der Waals surface area contributed by atoms with Gasteiger partial charge in [0.05, 0.1) is 12.2 Å². The number of pyridine rings is 1. The number of nitrogens with one attached hydrogen (secondary N) is 1. The topological polar surface area (TPSA) is 55.1 Å². The van der Waals surface area contributed by atoms with E-state index in [1.807, 2.05) is 12.3 Å². The van der Waals surface area contributed by atoms with Crippen LogP contribution in [-0.4, -0.2) is 19.6 Å². The van der Waals surface area contributed by atoms with E-state index in [0.29, 0.717) is 11.6 Å². The second-order valence-corrected chi connectivity index (χ2v) is 4.75. The predicted octanol–water partition coefficient (Wildman–Crippen LogP) is 2.50. The zero-order valence-electron chi connectivity index (χ0n) is 9.54. The predicted molar refractivity (Wildman–Crippen MR) is 67.1 cm³/mol. The molecule has 3 rings (SSSR count). The first-order valence-corrected chi connectivity index (χ1v) is 6.28. The van der Waals surface area contributed by atoms with Crippen molar-refractivity contribution in [2.45, 2.75) is 13.0 Å². The minimum atomic E-state index is -0.341. The van der Waals surface area contributed by atoms with E-state index in [2.05, 4.69) is 20.4 Å². The van der Waals surface area contributed by atoms with Gasteiger partial charge in [-0.15, -0.1) is 16.4 Å². The van der Waals surface area contributed by atoms with Crippen LogP contribution in [0.15, 0.2) is 29.9 Å². The maximum Gasteiger partial charge on any atom is 0.243 e. The van der Waals surface area contributed by atoms with Gasteiger partial charge in [0, 0.05) is 11.6 Å². The summed E-state index contributed by atoms with van der Waals surface area (Å²) in [7, 11) is 0. The van der Waals surface area contributed by atoms with Crippen LogP contribution >= 0.6 is 11.3 Å². The zero-order valence-corrected chi connectivity index (χ0v) is 10.4. The van der Waals surface area contributed by atoms with Crippen molar-refractivity contribution in [1.82, 2.24) is 19.6 Å². The minimum absolute atomic E-state index is 0.0206. The fourth-order valence-corrected chi connectivity index (χ4v) is 2.27. The highest BCUT2D eigenvalue weighted by Gasteiger charge is 2.11. The highest BCUT2D eigenvalue weighted by atomic mass is 32.1. The van der Waals surface area contributed by atoms with Crippen molar-refractivity contribution in [2.24, 2.45) is 0 Å². The summed E-state index contributed by atoms with van der Waals surface area (Å²) in [5.41, 5.74) is 0.602. The quantitative estimate of drug-likeness (QED) is 0.788. The highest BCUT2D eigenvalue weighted by molar-refractivity contribution is 7.09. The van der Waals surface area contributed by atoms with Crippen LogP contribution in [0.5, 0.6) is 0 Å². The van der Waals surface area contributed by atoms with Crippen LogP contribution < -0.4 is 5.32 Å². The summed E-state index contributed by atoms with van der Waals surface area (Å²) in [6, 6.07) is 2.96. The van der Waals surface area contributed by atoms with Crippen molar-refractivity contribution in [3.8, 4) is 0 Å². The third-order valence-electron chi connectivity index (χ3n) is 2.46. The van der Waals surface area contributed by atoms with E-state index in [4.69, 9.17) is 0 Å². The molecule has 92 valence electrons. The molecule has 0 aliphatic rings. The van der Waals surface area contributed by atoms with E-state index in [1.165, 1.54) is 16.8 Å². The summed E-state index contributed by atoms with van der Waals surface area (Å²) in [6.45, 7) is 1.98. The molecule has 0 aromatic carbocycles. The van der Waals surface area contributed by atoms with Crippen LogP contribution in [-0.2, 0) is 0 Å². The molecule has 7 heteroatoms. The first-order chi connectivity index (χ1) is 8.72. The Kier molecular flexibility index (Phi) is 2.67. The molecule has 1 N–H and O–H groups in total. The van der Waals surface area contributed by atoms with Crippen LogP contribution in [0.4, 0.5) is 10.3 Å². The third kappa shape index (κ3) is 2.04. The molecule has 1 atom stereocenters. The molecule has 3 aromatic rings. The lowest BCUT2D eigenvalue weighted by molar-refractivity contribution is 0.614. The number of rotatable bonds is 3. The van der Waals surface area contributed by atoms with Crippen LogP contribution in [0, 0.1) is 5.82 Å². The molecule has 0 saturated heterocycles. The molecule has 0 fully saturated rings. The molecule has 0 bridgehead atoms. The maximum atomic E-state index is 13.0. The van der Waals surface area contributed by atoms with Crippen molar-refractivity contribution in [2.75, 3.05) is 5.32 Å². The third-order valence-corrected chi connectivity index (χ3v) is 3.42. The van der Waals surface area contributed by atoms with Gasteiger partial charge in [-0.1, -0.05) is 0 Å². The number of anilines is 1. The molecule has 0 radical (unpaired) electrons. The zero-order chi connectivity index (χ0) is 12.5. The average Bonchev–Trinajstić information content (AvgIpc) is 2.95. The molecule has 0 spiro atoms. The molecule has 0 aliphatic heterocycles. The van der Waals surface area contributed by atoms with E-state index in [1.54, 1.807) is 23.6 Å². The van der Waals surface area contributed by atoms with Gasteiger partial charge in [0.25, 0.3) is 0 Å². The van der Waals surface area contributed by atoms with Gasteiger partial charge in [0.2, 0.25) is 5.95 Å². The summed E-state index contributed by atoms with van der Waals surface area (Å²) in [5.74, 6) is 0.121. The molecule has 1 unspecified atom stereocenters. The normalized spacial score (nSPS) is 12.8. The van der Waals surface area contributed by atoms with E-state index in [9.17, 15) is 4.39 Å². The van der Waals surface area contributed by atoms with Crippen molar-refractivity contribution in [3.63, 3.8) is 0 Å². The Morgan fingerprint density at radius 2 is 2.33 bits per heavy atom. The van der Waals surface area contributed by atoms with Gasteiger partial charge >= 0.3 is 0 Å². The molecule has 0 amide bonds. The second kappa shape index (κ2) is 4.34. The standard InChI is InChI=1S/C11H10FN5S/c1-7(10-13-4-5-18-10)14-11-15-9-3-2-8(12)6-17(9)16-11/h2-7H,1H3,(H,14,16). The Hall–Kier alpha value is -2.02. The summed E-state index contributed by atoms with van der Waals surface area (Å²) < 4.78 is 14.4. The van der Waals surface area contributed by atoms with Gasteiger partial charge in [-0.25, -0.2) is 13.9 Å². The van der Waals surface area contributed by atoms with Gasteiger partial charge in [-0.05, 0) is 19.1 Å². The molecule has 3 aromatic heterocycles. The largest absolute Gasteiger partial charge is 0.344 e. The second-order valence-electron chi connectivity index (χ2n) is 3.82. The lowest BCUT2D eigenvalue weighted by Crippen LogP contribution is -2.07. The van der Waals surface area contributed by atoms with Gasteiger partial charge in [0.1, 0.15) is 10.8 Å². The van der Waals surface area contributed by atoms with Gasteiger partial charge in [-0.2, -0.15) is 4.98 Å². The molecule has 5 nitrogen and oxygen atoms in total. The van der Waals surface area contributed by atoms with Gasteiger partial charge < -0.3 is 5.32 Å². The number of hydrogen-bond acceptors (Lipinski definition) is 5. The number of nitrogens with zero attached hydrogens (tertiary/aromatic N) is 4. The Balaban J connectivity index is 1.86. The van der Waals surface area contributed by atoms with E-state index in [0.717, 1.165) is 5.01 Å². The van der Waals surface area contributed by atoms with Gasteiger partial charge in [-0.3, -0.25) is 0 Å². The maximum absolute atomic E-state index is 13.0. The van der Waals surface area contributed by atoms with Crippen molar-refractivity contribution in [1.29, 1.82) is 0 Å². The molecule has 18 heavy (non-hydrogen) atoms. The number of halogens is 1. The first-order valence-electron chi connectivity index (χ1n) is 5.40. The minimum Gasteiger partial charge on any atom is -0.344 e. The number of thiazole rings is 1.